The first-order chi connectivity index (χ1) is 8.95. The number of aryl methyl sites for hydroxylation is 2. The van der Waals surface area contributed by atoms with E-state index in [1.807, 2.05) is 31.2 Å². The first-order valence-corrected chi connectivity index (χ1v) is 6.19. The van der Waals surface area contributed by atoms with Gasteiger partial charge in [-0.05, 0) is 18.9 Å². The summed E-state index contributed by atoms with van der Waals surface area (Å²) >= 11 is 0. The molecule has 0 saturated heterocycles. The predicted molar refractivity (Wildman–Crippen MR) is 67.7 cm³/mol. The maximum Gasteiger partial charge on any atom is 0.434 e. The molecule has 102 valence electrons. The molecule has 0 saturated carbocycles. The Balaban J connectivity index is 2.45. The molecule has 0 aliphatic heterocycles. The second-order valence-electron chi connectivity index (χ2n) is 4.28. The van der Waals surface area contributed by atoms with Crippen LogP contribution in [-0.2, 0) is 19.1 Å². The summed E-state index contributed by atoms with van der Waals surface area (Å²) in [4.78, 5) is 3.72. The van der Waals surface area contributed by atoms with Crippen LogP contribution < -0.4 is 0 Å². The molecule has 1 heterocycles. The average molecular weight is 268 g/mol. The number of hydrogen-bond acceptors (Lipinski definition) is 1. The molecule has 1 aromatic heterocycles. The molecule has 19 heavy (non-hydrogen) atoms. The van der Waals surface area contributed by atoms with E-state index in [0.717, 1.165) is 18.2 Å². The van der Waals surface area contributed by atoms with Crippen molar-refractivity contribution in [2.24, 2.45) is 0 Å². The third-order valence-corrected chi connectivity index (χ3v) is 3.03. The summed E-state index contributed by atoms with van der Waals surface area (Å²) in [5.41, 5.74) is 1.01. The van der Waals surface area contributed by atoms with Crippen LogP contribution in [-0.4, -0.2) is 9.55 Å². The number of alkyl halides is 3. The highest BCUT2D eigenvalue weighted by atomic mass is 19.4. The molecule has 1 aromatic carbocycles. The zero-order chi connectivity index (χ0) is 14.0. The normalized spacial score (nSPS) is 11.8. The number of aromatic nitrogens is 2. The topological polar surface area (TPSA) is 17.8 Å². The molecule has 0 atom stereocenters. The Morgan fingerprint density at radius 1 is 1.11 bits per heavy atom. The van der Waals surface area contributed by atoms with Crippen LogP contribution in [0.1, 0.15) is 25.1 Å². The Kier molecular flexibility index (Phi) is 3.64. The highest BCUT2D eigenvalue weighted by Crippen LogP contribution is 2.31. The van der Waals surface area contributed by atoms with Crippen molar-refractivity contribution < 1.29 is 13.2 Å². The van der Waals surface area contributed by atoms with Gasteiger partial charge in [-0.3, -0.25) is 0 Å². The van der Waals surface area contributed by atoms with Crippen molar-refractivity contribution in [3.8, 4) is 11.4 Å². The van der Waals surface area contributed by atoms with E-state index in [1.54, 1.807) is 6.92 Å². The van der Waals surface area contributed by atoms with Gasteiger partial charge in [0.25, 0.3) is 0 Å². The molecule has 0 radical (unpaired) electrons. The summed E-state index contributed by atoms with van der Waals surface area (Å²) in [6, 6.07) is 7.45. The lowest BCUT2D eigenvalue weighted by molar-refractivity contribution is -0.140. The molecule has 0 bridgehead atoms. The van der Waals surface area contributed by atoms with Crippen molar-refractivity contribution in [3.63, 3.8) is 0 Å². The first-order valence-electron chi connectivity index (χ1n) is 6.19. The first kappa shape index (κ1) is 13.6. The van der Waals surface area contributed by atoms with E-state index in [0.29, 0.717) is 17.9 Å². The molecule has 0 aliphatic carbocycles. The molecule has 0 aliphatic rings. The molecular weight excluding hydrogens is 253 g/mol. The van der Waals surface area contributed by atoms with Crippen LogP contribution in [0.5, 0.6) is 0 Å². The van der Waals surface area contributed by atoms with Crippen LogP contribution >= 0.6 is 0 Å². The minimum atomic E-state index is -4.40. The quantitative estimate of drug-likeness (QED) is 0.817. The summed E-state index contributed by atoms with van der Waals surface area (Å²) in [5.74, 6) is 0.359. The van der Waals surface area contributed by atoms with Gasteiger partial charge in [0.1, 0.15) is 5.82 Å². The number of benzene rings is 1. The smallest absolute Gasteiger partial charge is 0.331 e. The lowest BCUT2D eigenvalue weighted by atomic mass is 10.1. The van der Waals surface area contributed by atoms with E-state index in [9.17, 15) is 13.2 Å². The van der Waals surface area contributed by atoms with Crippen LogP contribution in [0.4, 0.5) is 13.2 Å². The Labute approximate surface area is 109 Å². The van der Waals surface area contributed by atoms with E-state index in [2.05, 4.69) is 4.98 Å². The predicted octanol–water partition coefficient (Wildman–Crippen LogP) is 4.15. The molecule has 0 unspecified atom stereocenters. The highest BCUT2D eigenvalue weighted by molar-refractivity contribution is 5.56. The fraction of sp³-hybridized carbons (Fsp3) is 0.357. The third kappa shape index (κ3) is 2.80. The van der Waals surface area contributed by atoms with Gasteiger partial charge in [0.2, 0.25) is 0 Å². The van der Waals surface area contributed by atoms with E-state index in [4.69, 9.17) is 0 Å². The van der Waals surface area contributed by atoms with Gasteiger partial charge in [0.05, 0.1) is 0 Å². The van der Waals surface area contributed by atoms with E-state index >= 15 is 0 Å². The van der Waals surface area contributed by atoms with Gasteiger partial charge < -0.3 is 4.57 Å². The van der Waals surface area contributed by atoms with Crippen molar-refractivity contribution >= 4 is 0 Å². The van der Waals surface area contributed by atoms with E-state index in [-0.39, 0.29) is 0 Å². The summed E-state index contributed by atoms with van der Waals surface area (Å²) in [5, 5.41) is 0. The molecule has 0 amide bonds. The number of nitrogens with zero attached hydrogens (tertiary/aromatic N) is 2. The van der Waals surface area contributed by atoms with Crippen molar-refractivity contribution in [2.45, 2.75) is 33.0 Å². The number of hydrogen-bond donors (Lipinski definition) is 0. The fourth-order valence-corrected chi connectivity index (χ4v) is 1.91. The average Bonchev–Trinajstić information content (AvgIpc) is 2.83. The van der Waals surface area contributed by atoms with Gasteiger partial charge in [-0.25, -0.2) is 4.98 Å². The van der Waals surface area contributed by atoms with Crippen LogP contribution in [0.2, 0.25) is 0 Å². The lowest BCUT2D eigenvalue weighted by Gasteiger charge is -2.05. The van der Waals surface area contributed by atoms with Gasteiger partial charge in [0, 0.05) is 18.3 Å². The number of halogens is 3. The van der Waals surface area contributed by atoms with Crippen molar-refractivity contribution in [3.05, 3.63) is 41.7 Å². The summed E-state index contributed by atoms with van der Waals surface area (Å²) in [6.07, 6.45) is -2.45. The Bertz CT molecular complexity index is 553. The maximum absolute atomic E-state index is 12.7. The summed E-state index contributed by atoms with van der Waals surface area (Å²) in [6.45, 7) is 4.28. The second kappa shape index (κ2) is 5.07. The number of imidazole rings is 1. The summed E-state index contributed by atoms with van der Waals surface area (Å²) < 4.78 is 39.5. The monoisotopic (exact) mass is 268 g/mol. The van der Waals surface area contributed by atoms with Gasteiger partial charge in [-0.1, -0.05) is 31.2 Å². The molecule has 2 rings (SSSR count). The standard InChI is InChI=1S/C14H15F3N2/c1-3-10-5-7-11(8-6-10)13-18-12(14(15,16)17)9-19(13)4-2/h5-9H,3-4H2,1-2H3. The highest BCUT2D eigenvalue weighted by Gasteiger charge is 2.34. The van der Waals surface area contributed by atoms with E-state index in [1.165, 1.54) is 4.57 Å². The Morgan fingerprint density at radius 3 is 2.21 bits per heavy atom. The van der Waals surface area contributed by atoms with Crippen molar-refractivity contribution in [1.82, 2.24) is 9.55 Å². The third-order valence-electron chi connectivity index (χ3n) is 3.03. The zero-order valence-corrected chi connectivity index (χ0v) is 10.8. The summed E-state index contributed by atoms with van der Waals surface area (Å²) in [7, 11) is 0. The lowest BCUT2D eigenvalue weighted by Crippen LogP contribution is -2.05. The minimum absolute atomic E-state index is 0.359. The minimum Gasteiger partial charge on any atom is -0.331 e. The molecule has 5 heteroatoms. The molecule has 2 nitrogen and oxygen atoms in total. The van der Waals surface area contributed by atoms with Gasteiger partial charge in [0.15, 0.2) is 5.69 Å². The largest absolute Gasteiger partial charge is 0.434 e. The SMILES string of the molecule is CCc1ccc(-c2nc(C(F)(F)F)cn2CC)cc1. The van der Waals surface area contributed by atoms with E-state index < -0.39 is 11.9 Å². The molecule has 0 spiro atoms. The molecular formula is C14H15F3N2. The molecule has 2 aromatic rings. The Hall–Kier alpha value is -1.78. The van der Waals surface area contributed by atoms with Crippen LogP contribution in [0.25, 0.3) is 11.4 Å². The molecule has 0 fully saturated rings. The fourth-order valence-electron chi connectivity index (χ4n) is 1.91. The van der Waals surface area contributed by atoms with Crippen LogP contribution in [0, 0.1) is 0 Å². The van der Waals surface area contributed by atoms with Gasteiger partial charge in [-0.15, -0.1) is 0 Å². The van der Waals surface area contributed by atoms with Crippen LogP contribution in [0.3, 0.4) is 0 Å². The number of rotatable bonds is 3. The van der Waals surface area contributed by atoms with Crippen molar-refractivity contribution in [1.29, 1.82) is 0 Å². The second-order valence-corrected chi connectivity index (χ2v) is 4.28. The molecule has 0 N–H and O–H groups in total. The zero-order valence-electron chi connectivity index (χ0n) is 10.8. The maximum atomic E-state index is 12.7. The van der Waals surface area contributed by atoms with Crippen molar-refractivity contribution in [2.75, 3.05) is 0 Å². The van der Waals surface area contributed by atoms with Gasteiger partial charge in [-0.2, -0.15) is 13.2 Å². The van der Waals surface area contributed by atoms with Crippen LogP contribution in [0.15, 0.2) is 30.5 Å². The van der Waals surface area contributed by atoms with Gasteiger partial charge >= 0.3 is 6.18 Å². The Morgan fingerprint density at radius 2 is 1.74 bits per heavy atom.